The molecule has 2 heteroatoms. The molecule has 1 fully saturated rings. The maximum absolute atomic E-state index is 5.88. The second kappa shape index (κ2) is 4.97. The van der Waals surface area contributed by atoms with Crippen molar-refractivity contribution >= 4 is 0 Å². The van der Waals surface area contributed by atoms with Crippen LogP contribution in [0.3, 0.4) is 0 Å². The first-order valence-electron chi connectivity index (χ1n) is 5.52. The van der Waals surface area contributed by atoms with Crippen molar-refractivity contribution in [3.05, 3.63) is 0 Å². The minimum atomic E-state index is 0.410. The monoisotopic (exact) mass is 185 g/mol. The van der Waals surface area contributed by atoms with E-state index in [1.54, 1.807) is 0 Å². The fourth-order valence-corrected chi connectivity index (χ4v) is 1.59. The summed E-state index contributed by atoms with van der Waals surface area (Å²) >= 11 is 0. The average molecular weight is 185 g/mol. The van der Waals surface area contributed by atoms with Crippen molar-refractivity contribution in [1.29, 1.82) is 0 Å². The van der Waals surface area contributed by atoms with Gasteiger partial charge >= 0.3 is 0 Å². The zero-order chi connectivity index (χ0) is 9.84. The van der Waals surface area contributed by atoms with Crippen LogP contribution in [0.5, 0.6) is 0 Å². The van der Waals surface area contributed by atoms with Crippen molar-refractivity contribution in [2.45, 2.75) is 58.8 Å². The minimum Gasteiger partial charge on any atom is -0.375 e. The van der Waals surface area contributed by atoms with E-state index in [1.807, 2.05) is 0 Å². The summed E-state index contributed by atoms with van der Waals surface area (Å²) < 4.78 is 5.88. The van der Waals surface area contributed by atoms with Crippen LogP contribution in [0.15, 0.2) is 0 Å². The second-order valence-corrected chi connectivity index (χ2v) is 4.43. The summed E-state index contributed by atoms with van der Waals surface area (Å²) in [4.78, 5) is 0. The third kappa shape index (κ3) is 3.28. The number of ether oxygens (including phenoxy) is 1. The van der Waals surface area contributed by atoms with E-state index in [4.69, 9.17) is 4.74 Å². The molecule has 0 spiro atoms. The van der Waals surface area contributed by atoms with Gasteiger partial charge in [0.05, 0.1) is 12.2 Å². The molecule has 1 aliphatic rings. The third-order valence-corrected chi connectivity index (χ3v) is 2.93. The topological polar surface area (TPSA) is 21.3 Å². The molecular weight excluding hydrogens is 162 g/mol. The molecule has 0 radical (unpaired) electrons. The van der Waals surface area contributed by atoms with Gasteiger partial charge in [-0.05, 0) is 32.2 Å². The van der Waals surface area contributed by atoms with E-state index >= 15 is 0 Å². The lowest BCUT2D eigenvalue weighted by Gasteiger charge is -2.38. The highest BCUT2D eigenvalue weighted by Crippen LogP contribution is 2.25. The highest BCUT2D eigenvalue weighted by Gasteiger charge is 2.30. The lowest BCUT2D eigenvalue weighted by molar-refractivity contribution is -0.0731. The number of hydrogen-bond acceptors (Lipinski definition) is 2. The Labute approximate surface area is 82.0 Å². The molecule has 0 aliphatic heterocycles. The SMILES string of the molecule is CCNC1CC(OC(C)C(C)C)C1. The maximum atomic E-state index is 5.88. The van der Waals surface area contributed by atoms with Gasteiger partial charge < -0.3 is 10.1 Å². The van der Waals surface area contributed by atoms with Crippen LogP contribution in [0.25, 0.3) is 0 Å². The van der Waals surface area contributed by atoms with Gasteiger partial charge in [-0.3, -0.25) is 0 Å². The molecule has 1 unspecified atom stereocenters. The molecule has 0 aromatic rings. The van der Waals surface area contributed by atoms with E-state index in [-0.39, 0.29) is 0 Å². The van der Waals surface area contributed by atoms with Crippen LogP contribution in [-0.2, 0) is 4.74 Å². The van der Waals surface area contributed by atoms with E-state index in [0.29, 0.717) is 18.1 Å². The van der Waals surface area contributed by atoms with Crippen LogP contribution in [0.4, 0.5) is 0 Å². The van der Waals surface area contributed by atoms with Crippen LogP contribution in [-0.4, -0.2) is 24.8 Å². The molecule has 0 aromatic carbocycles. The van der Waals surface area contributed by atoms with Gasteiger partial charge in [0.1, 0.15) is 0 Å². The molecule has 0 saturated heterocycles. The normalized spacial score (nSPS) is 30.2. The summed E-state index contributed by atoms with van der Waals surface area (Å²) in [6.07, 6.45) is 3.32. The summed E-state index contributed by atoms with van der Waals surface area (Å²) in [6.45, 7) is 9.84. The summed E-state index contributed by atoms with van der Waals surface area (Å²) in [7, 11) is 0. The first kappa shape index (κ1) is 11.0. The van der Waals surface area contributed by atoms with Gasteiger partial charge in [0.15, 0.2) is 0 Å². The van der Waals surface area contributed by atoms with E-state index in [0.717, 1.165) is 12.6 Å². The largest absolute Gasteiger partial charge is 0.375 e. The lowest BCUT2D eigenvalue weighted by atomic mass is 9.89. The fraction of sp³-hybridized carbons (Fsp3) is 1.00. The Balaban J connectivity index is 2.07. The first-order valence-corrected chi connectivity index (χ1v) is 5.52. The van der Waals surface area contributed by atoms with Crippen molar-refractivity contribution < 1.29 is 4.74 Å². The summed E-state index contributed by atoms with van der Waals surface area (Å²) in [5.74, 6) is 0.637. The Kier molecular flexibility index (Phi) is 4.20. The highest BCUT2D eigenvalue weighted by molar-refractivity contribution is 4.86. The van der Waals surface area contributed by atoms with E-state index < -0.39 is 0 Å². The standard InChI is InChI=1S/C11H23NO/c1-5-12-10-6-11(7-10)13-9(4)8(2)3/h8-12H,5-7H2,1-4H3. The molecule has 0 amide bonds. The van der Waals surface area contributed by atoms with Crippen LogP contribution < -0.4 is 5.32 Å². The van der Waals surface area contributed by atoms with Crippen molar-refractivity contribution in [3.63, 3.8) is 0 Å². The van der Waals surface area contributed by atoms with Crippen LogP contribution in [0.1, 0.15) is 40.5 Å². The van der Waals surface area contributed by atoms with Crippen LogP contribution >= 0.6 is 0 Å². The van der Waals surface area contributed by atoms with E-state index in [2.05, 4.69) is 33.0 Å². The smallest absolute Gasteiger partial charge is 0.0608 e. The Hall–Kier alpha value is -0.0800. The Morgan fingerprint density at radius 3 is 2.38 bits per heavy atom. The summed E-state index contributed by atoms with van der Waals surface area (Å²) in [5.41, 5.74) is 0. The molecule has 1 aliphatic carbocycles. The van der Waals surface area contributed by atoms with Gasteiger partial charge in [-0.15, -0.1) is 0 Å². The molecule has 0 heterocycles. The highest BCUT2D eigenvalue weighted by atomic mass is 16.5. The molecular formula is C11H23NO. The predicted molar refractivity (Wildman–Crippen MR) is 55.9 cm³/mol. The van der Waals surface area contributed by atoms with Gasteiger partial charge in [-0.2, -0.15) is 0 Å². The molecule has 0 aromatic heterocycles. The Morgan fingerprint density at radius 1 is 1.31 bits per heavy atom. The fourth-order valence-electron chi connectivity index (χ4n) is 1.59. The Morgan fingerprint density at radius 2 is 1.92 bits per heavy atom. The molecule has 1 rings (SSSR count). The number of nitrogens with one attached hydrogen (secondary N) is 1. The van der Waals surface area contributed by atoms with Crippen LogP contribution in [0.2, 0.25) is 0 Å². The third-order valence-electron chi connectivity index (χ3n) is 2.93. The maximum Gasteiger partial charge on any atom is 0.0608 e. The van der Waals surface area contributed by atoms with E-state index in [1.165, 1.54) is 12.8 Å². The molecule has 1 saturated carbocycles. The van der Waals surface area contributed by atoms with Crippen molar-refractivity contribution in [2.24, 2.45) is 5.92 Å². The molecule has 2 nitrogen and oxygen atoms in total. The summed E-state index contributed by atoms with van der Waals surface area (Å²) in [6, 6.07) is 0.717. The lowest BCUT2D eigenvalue weighted by Crippen LogP contribution is -2.46. The van der Waals surface area contributed by atoms with Crippen molar-refractivity contribution in [3.8, 4) is 0 Å². The molecule has 13 heavy (non-hydrogen) atoms. The second-order valence-electron chi connectivity index (χ2n) is 4.43. The number of hydrogen-bond donors (Lipinski definition) is 1. The minimum absolute atomic E-state index is 0.410. The predicted octanol–water partition coefficient (Wildman–Crippen LogP) is 2.19. The van der Waals surface area contributed by atoms with Crippen LogP contribution in [0, 0.1) is 5.92 Å². The average Bonchev–Trinajstić information content (AvgIpc) is 2.00. The van der Waals surface area contributed by atoms with E-state index in [9.17, 15) is 0 Å². The Bertz CT molecular complexity index is 141. The van der Waals surface area contributed by atoms with Gasteiger partial charge in [-0.1, -0.05) is 20.8 Å². The quantitative estimate of drug-likeness (QED) is 0.709. The van der Waals surface area contributed by atoms with Crippen molar-refractivity contribution in [2.75, 3.05) is 6.54 Å². The molecule has 1 atom stereocenters. The van der Waals surface area contributed by atoms with Gasteiger partial charge in [0, 0.05) is 6.04 Å². The van der Waals surface area contributed by atoms with Crippen molar-refractivity contribution in [1.82, 2.24) is 5.32 Å². The molecule has 78 valence electrons. The van der Waals surface area contributed by atoms with Gasteiger partial charge in [-0.25, -0.2) is 0 Å². The zero-order valence-corrected chi connectivity index (χ0v) is 9.34. The molecule has 1 N–H and O–H groups in total. The molecule has 0 bridgehead atoms. The number of rotatable bonds is 5. The first-order chi connectivity index (χ1) is 6.13. The zero-order valence-electron chi connectivity index (χ0n) is 9.34. The van der Waals surface area contributed by atoms with Gasteiger partial charge in [0.2, 0.25) is 0 Å². The summed E-state index contributed by atoms with van der Waals surface area (Å²) in [5, 5.41) is 3.43. The van der Waals surface area contributed by atoms with Gasteiger partial charge in [0.25, 0.3) is 0 Å².